The van der Waals surface area contributed by atoms with Gasteiger partial charge in [-0.15, -0.1) is 0 Å². The van der Waals surface area contributed by atoms with Gasteiger partial charge in [0, 0.05) is 0 Å². The zero-order valence-electron chi connectivity index (χ0n) is 4.59. The largest absolute Gasteiger partial charge is 0.462 e. The van der Waals surface area contributed by atoms with Crippen molar-refractivity contribution in [2.24, 2.45) is 0 Å². The van der Waals surface area contributed by atoms with E-state index >= 15 is 0 Å². The van der Waals surface area contributed by atoms with Gasteiger partial charge in [-0.1, -0.05) is 0 Å². The average Bonchev–Trinajstić information content (AvgIpc) is 1.94. The maximum atomic E-state index is 4.90. The molecule has 0 radical (unpaired) electrons. The molecule has 0 aromatic rings. The van der Waals surface area contributed by atoms with Gasteiger partial charge in [0.2, 0.25) is 0 Å². The van der Waals surface area contributed by atoms with Crippen LogP contribution in [0.2, 0.25) is 0 Å². The van der Waals surface area contributed by atoms with Gasteiger partial charge in [0.1, 0.15) is 13.2 Å². The fourth-order valence-corrected chi connectivity index (χ4v) is 0.460. The first-order chi connectivity index (χ1) is 3.89. The Kier molecular flexibility index (Phi) is 1.57. The van der Waals surface area contributed by atoms with E-state index in [0.717, 1.165) is 0 Å². The van der Waals surface area contributed by atoms with Gasteiger partial charge in [0.15, 0.2) is 0 Å². The summed E-state index contributed by atoms with van der Waals surface area (Å²) >= 11 is 0. The lowest BCUT2D eigenvalue weighted by atomic mass is 10.5. The summed E-state index contributed by atoms with van der Waals surface area (Å²) in [7, 11) is 0. The molecule has 0 atom stereocenters. The Morgan fingerprint density at radius 2 is 1.75 bits per heavy atom. The van der Waals surface area contributed by atoms with Crippen molar-refractivity contribution >= 4 is 0 Å². The fourth-order valence-electron chi connectivity index (χ4n) is 0.460. The molecule has 0 fully saturated rings. The van der Waals surface area contributed by atoms with Crippen LogP contribution in [-0.2, 0) is 9.47 Å². The third-order valence-corrected chi connectivity index (χ3v) is 0.848. The van der Waals surface area contributed by atoms with E-state index in [4.69, 9.17) is 9.47 Å². The molecule has 0 aromatic carbocycles. The summed E-state index contributed by atoms with van der Waals surface area (Å²) in [4.78, 5) is 0. The van der Waals surface area contributed by atoms with Gasteiger partial charge >= 0.3 is 0 Å². The van der Waals surface area contributed by atoms with Gasteiger partial charge in [-0.2, -0.15) is 0 Å². The van der Waals surface area contributed by atoms with Crippen molar-refractivity contribution in [2.75, 3.05) is 13.2 Å². The van der Waals surface area contributed by atoms with Crippen LogP contribution in [0.3, 0.4) is 0 Å². The number of hydrogen-bond donors (Lipinski definition) is 0. The minimum atomic E-state index is 0.412. The second-order valence-electron chi connectivity index (χ2n) is 1.47. The molecular weight excluding hydrogens is 104 g/mol. The van der Waals surface area contributed by atoms with E-state index in [9.17, 15) is 0 Å². The topological polar surface area (TPSA) is 18.5 Å². The third-order valence-electron chi connectivity index (χ3n) is 0.848. The molecule has 1 aliphatic rings. The van der Waals surface area contributed by atoms with Crippen molar-refractivity contribution < 1.29 is 9.47 Å². The van der Waals surface area contributed by atoms with Gasteiger partial charge in [-0.05, 0) is 18.7 Å². The van der Waals surface area contributed by atoms with Crippen molar-refractivity contribution in [2.45, 2.75) is 0 Å². The van der Waals surface area contributed by atoms with Crippen LogP contribution < -0.4 is 0 Å². The summed E-state index contributed by atoms with van der Waals surface area (Å²) < 4.78 is 9.80. The highest BCUT2D eigenvalue weighted by atomic mass is 16.7. The second kappa shape index (κ2) is 2.40. The lowest BCUT2D eigenvalue weighted by molar-refractivity contribution is 0.0702. The predicted octanol–water partition coefficient (Wildman–Crippen LogP) is 1.06. The molecule has 1 rings (SSSR count). The molecule has 0 N–H and O–H groups in total. The minimum absolute atomic E-state index is 0.412. The lowest BCUT2D eigenvalue weighted by Crippen LogP contribution is -1.91. The Balaban J connectivity index is 2.39. The molecule has 0 saturated heterocycles. The molecule has 0 aromatic heterocycles. The first-order valence-corrected chi connectivity index (χ1v) is 2.49. The minimum Gasteiger partial charge on any atom is -0.462 e. The zero-order chi connectivity index (χ0) is 5.82. The molecular formula is C6H8O2. The van der Waals surface area contributed by atoms with Crippen LogP contribution >= 0.6 is 0 Å². The van der Waals surface area contributed by atoms with E-state index in [0.29, 0.717) is 19.2 Å². The Hall–Kier alpha value is -0.920. The second-order valence-corrected chi connectivity index (χ2v) is 1.47. The van der Waals surface area contributed by atoms with Gasteiger partial charge in [-0.25, -0.2) is 0 Å². The predicted molar refractivity (Wildman–Crippen MR) is 30.2 cm³/mol. The van der Waals surface area contributed by atoms with Crippen molar-refractivity contribution in [3.63, 3.8) is 0 Å². The molecule has 2 heteroatoms. The van der Waals surface area contributed by atoms with Crippen LogP contribution in [0, 0.1) is 0 Å². The van der Waals surface area contributed by atoms with Crippen LogP contribution in [0.5, 0.6) is 0 Å². The molecule has 2 nitrogen and oxygen atoms in total. The van der Waals surface area contributed by atoms with Crippen molar-refractivity contribution in [1.82, 2.24) is 0 Å². The molecule has 8 heavy (non-hydrogen) atoms. The third kappa shape index (κ3) is 1.30. The summed E-state index contributed by atoms with van der Waals surface area (Å²) in [6.07, 6.45) is 3.80. The van der Waals surface area contributed by atoms with E-state index in [2.05, 4.69) is 6.58 Å². The Morgan fingerprint density at radius 1 is 1.25 bits per heavy atom. The molecule has 0 spiro atoms. The summed E-state index contributed by atoms with van der Waals surface area (Å²) in [5, 5.41) is 0. The van der Waals surface area contributed by atoms with Crippen LogP contribution in [0.4, 0.5) is 0 Å². The number of ether oxygens (including phenoxy) is 2. The summed E-state index contributed by atoms with van der Waals surface area (Å²) in [5.41, 5.74) is 0. The monoisotopic (exact) mass is 112 g/mol. The van der Waals surface area contributed by atoms with Crippen LogP contribution in [0.25, 0.3) is 0 Å². The van der Waals surface area contributed by atoms with E-state index in [-0.39, 0.29) is 0 Å². The van der Waals surface area contributed by atoms with Gasteiger partial charge in [0.25, 0.3) is 5.95 Å². The number of hydrogen-bond acceptors (Lipinski definition) is 2. The molecule has 0 aliphatic carbocycles. The maximum absolute atomic E-state index is 4.90. The molecule has 0 amide bonds. The van der Waals surface area contributed by atoms with Crippen LogP contribution in [0.1, 0.15) is 0 Å². The Bertz CT molecular complexity index is 104. The fraction of sp³-hybridized carbons (Fsp3) is 0.333. The van der Waals surface area contributed by atoms with Crippen molar-refractivity contribution in [3.8, 4) is 0 Å². The lowest BCUT2D eigenvalue weighted by Gasteiger charge is -2.01. The van der Waals surface area contributed by atoms with E-state index < -0.39 is 0 Å². The van der Waals surface area contributed by atoms with Crippen molar-refractivity contribution in [1.29, 1.82) is 0 Å². The van der Waals surface area contributed by atoms with Gasteiger partial charge < -0.3 is 9.47 Å². The molecule has 0 unspecified atom stereocenters. The molecule has 1 heterocycles. The molecule has 44 valence electrons. The van der Waals surface area contributed by atoms with E-state index in [1.54, 1.807) is 0 Å². The van der Waals surface area contributed by atoms with Crippen LogP contribution in [0.15, 0.2) is 24.7 Å². The summed E-state index contributed by atoms with van der Waals surface area (Å²) in [5.74, 6) is 0.412. The highest BCUT2D eigenvalue weighted by Gasteiger charge is 1.94. The van der Waals surface area contributed by atoms with E-state index in [1.165, 1.54) is 0 Å². The highest BCUT2D eigenvalue weighted by Crippen LogP contribution is 1.99. The van der Waals surface area contributed by atoms with Crippen molar-refractivity contribution in [3.05, 3.63) is 24.7 Å². The SMILES string of the molecule is C=C1OCC=CCO1. The quantitative estimate of drug-likeness (QED) is 0.436. The summed E-state index contributed by atoms with van der Waals surface area (Å²) in [6.45, 7) is 4.65. The van der Waals surface area contributed by atoms with Gasteiger partial charge in [0.05, 0.1) is 0 Å². The molecule has 1 aliphatic heterocycles. The molecule has 0 bridgehead atoms. The Labute approximate surface area is 48.4 Å². The number of rotatable bonds is 0. The first kappa shape index (κ1) is 5.22. The molecule has 0 saturated carbocycles. The smallest absolute Gasteiger partial charge is 0.272 e. The van der Waals surface area contributed by atoms with Gasteiger partial charge in [-0.3, -0.25) is 0 Å². The summed E-state index contributed by atoms with van der Waals surface area (Å²) in [6, 6.07) is 0. The normalized spacial score (nSPS) is 18.8. The van der Waals surface area contributed by atoms with E-state index in [1.807, 2.05) is 12.2 Å². The maximum Gasteiger partial charge on any atom is 0.272 e. The zero-order valence-corrected chi connectivity index (χ0v) is 4.59. The van der Waals surface area contributed by atoms with Crippen LogP contribution in [-0.4, -0.2) is 13.2 Å². The first-order valence-electron chi connectivity index (χ1n) is 2.49. The Morgan fingerprint density at radius 3 is 2.25 bits per heavy atom. The highest BCUT2D eigenvalue weighted by molar-refractivity contribution is 4.87. The standard InChI is InChI=1S/C6H8O2/c1-6-7-4-2-3-5-8-6/h2-3H,1,4-5H2. The average molecular weight is 112 g/mol.